The summed E-state index contributed by atoms with van der Waals surface area (Å²) in [5, 5.41) is 2.99. The van der Waals surface area contributed by atoms with Crippen molar-refractivity contribution < 1.29 is 18.7 Å². The van der Waals surface area contributed by atoms with E-state index >= 15 is 0 Å². The van der Waals surface area contributed by atoms with Gasteiger partial charge in [-0.3, -0.25) is 9.59 Å². The van der Waals surface area contributed by atoms with Crippen LogP contribution in [0.1, 0.15) is 31.4 Å². The highest BCUT2D eigenvalue weighted by Crippen LogP contribution is 2.19. The Balaban J connectivity index is 1.91. The van der Waals surface area contributed by atoms with Crippen molar-refractivity contribution in [1.29, 1.82) is 0 Å². The Labute approximate surface area is 214 Å². The number of rotatable bonds is 11. The monoisotopic (exact) mass is 540 g/mol. The minimum absolute atomic E-state index is 0.0549. The van der Waals surface area contributed by atoms with Crippen LogP contribution in [0.3, 0.4) is 0 Å². The van der Waals surface area contributed by atoms with Crippen LogP contribution in [0.4, 0.5) is 4.39 Å². The Morgan fingerprint density at radius 3 is 2.31 bits per heavy atom. The van der Waals surface area contributed by atoms with Crippen LogP contribution in [0.5, 0.6) is 5.75 Å². The maximum atomic E-state index is 14.6. The number of nitrogens with one attached hydrogen (secondary N) is 1. The predicted molar refractivity (Wildman–Crippen MR) is 138 cm³/mol. The molecule has 0 fully saturated rings. The molecule has 0 radical (unpaired) electrons. The van der Waals surface area contributed by atoms with Gasteiger partial charge in [0, 0.05) is 29.0 Å². The van der Waals surface area contributed by atoms with Crippen LogP contribution in [0, 0.1) is 5.82 Å². The van der Waals surface area contributed by atoms with Gasteiger partial charge in [-0.2, -0.15) is 0 Å². The number of hydrogen-bond acceptors (Lipinski definition) is 3. The number of carbonyl (C=O) groups excluding carboxylic acids is 2. The second kappa shape index (κ2) is 13.0. The van der Waals surface area contributed by atoms with Gasteiger partial charge in [-0.15, -0.1) is 0 Å². The third-order valence-corrected chi connectivity index (χ3v) is 6.28. The lowest BCUT2D eigenvalue weighted by molar-refractivity contribution is -0.143. The molecule has 0 aliphatic rings. The van der Waals surface area contributed by atoms with Crippen LogP contribution in [0.15, 0.2) is 83.3 Å². The van der Waals surface area contributed by atoms with Gasteiger partial charge in [-0.05, 0) is 49.2 Å². The van der Waals surface area contributed by atoms with Crippen molar-refractivity contribution in [3.8, 4) is 5.75 Å². The lowest BCUT2D eigenvalue weighted by Crippen LogP contribution is -2.53. The van der Waals surface area contributed by atoms with Crippen molar-refractivity contribution in [1.82, 2.24) is 10.2 Å². The van der Waals surface area contributed by atoms with Gasteiger partial charge in [-0.25, -0.2) is 4.39 Å². The molecule has 0 aliphatic heterocycles. The van der Waals surface area contributed by atoms with Crippen LogP contribution in [-0.2, 0) is 22.6 Å². The van der Waals surface area contributed by atoms with Crippen molar-refractivity contribution in [2.24, 2.45) is 0 Å². The summed E-state index contributed by atoms with van der Waals surface area (Å²) in [6.07, 6.45) is 1.04. The Morgan fingerprint density at radius 1 is 1.00 bits per heavy atom. The molecule has 0 bridgehead atoms. The summed E-state index contributed by atoms with van der Waals surface area (Å²) in [5.41, 5.74) is 1.23. The smallest absolute Gasteiger partial charge is 0.261 e. The molecule has 3 aromatic rings. The number of benzene rings is 3. The highest BCUT2D eigenvalue weighted by molar-refractivity contribution is 9.10. The van der Waals surface area contributed by atoms with Gasteiger partial charge in [0.05, 0.1) is 0 Å². The summed E-state index contributed by atoms with van der Waals surface area (Å²) in [7, 11) is 0. The molecule has 184 valence electrons. The fourth-order valence-corrected chi connectivity index (χ4v) is 3.83. The Kier molecular flexibility index (Phi) is 9.85. The predicted octanol–water partition coefficient (Wildman–Crippen LogP) is 5.52. The van der Waals surface area contributed by atoms with E-state index in [-0.39, 0.29) is 25.1 Å². The van der Waals surface area contributed by atoms with Gasteiger partial charge >= 0.3 is 0 Å². The van der Waals surface area contributed by atoms with Crippen molar-refractivity contribution >= 4 is 27.7 Å². The van der Waals surface area contributed by atoms with Crippen LogP contribution in [-0.4, -0.2) is 35.4 Å². The first kappa shape index (κ1) is 26.4. The number of nitrogens with zero attached hydrogens (tertiary/aromatic N) is 1. The molecule has 0 aromatic heterocycles. The van der Waals surface area contributed by atoms with Crippen LogP contribution in [0.25, 0.3) is 0 Å². The molecule has 0 heterocycles. The third-order valence-electron chi connectivity index (χ3n) is 5.75. The molecule has 0 saturated carbocycles. The number of hydrogen-bond donors (Lipinski definition) is 1. The topological polar surface area (TPSA) is 58.6 Å². The van der Waals surface area contributed by atoms with Crippen molar-refractivity contribution in [3.05, 3.63) is 100 Å². The minimum atomic E-state index is -0.841. The molecule has 3 aromatic carbocycles. The van der Waals surface area contributed by atoms with Crippen molar-refractivity contribution in [2.75, 3.05) is 6.61 Å². The largest absolute Gasteiger partial charge is 0.484 e. The first-order chi connectivity index (χ1) is 16.9. The lowest BCUT2D eigenvalue weighted by atomic mass is 10.0. The lowest BCUT2D eigenvalue weighted by Gasteiger charge is -2.32. The minimum Gasteiger partial charge on any atom is -0.484 e. The molecule has 3 rings (SSSR count). The first-order valence-corrected chi connectivity index (χ1v) is 12.4. The molecule has 5 nitrogen and oxygen atoms in total. The van der Waals surface area contributed by atoms with Gasteiger partial charge in [0.1, 0.15) is 17.6 Å². The fourth-order valence-electron chi connectivity index (χ4n) is 3.56. The van der Waals surface area contributed by atoms with Gasteiger partial charge in [0.25, 0.3) is 5.91 Å². The van der Waals surface area contributed by atoms with E-state index in [9.17, 15) is 14.0 Å². The van der Waals surface area contributed by atoms with E-state index in [1.807, 2.05) is 56.3 Å². The normalized spacial score (nSPS) is 12.5. The average Bonchev–Trinajstić information content (AvgIpc) is 2.87. The standard InChI is InChI=1S/C28H30BrFN2O3/c1-3-20(2)31-28(34)26(17-21-9-5-4-6-10-21)32(18-22-11-7-8-12-25(22)30)27(33)19-35-24-15-13-23(29)14-16-24/h4-16,20,26H,3,17-19H2,1-2H3,(H,31,34). The van der Waals surface area contributed by atoms with Crippen LogP contribution in [0.2, 0.25) is 0 Å². The second-order valence-electron chi connectivity index (χ2n) is 8.38. The summed E-state index contributed by atoms with van der Waals surface area (Å²) in [6, 6.07) is 22.0. The Morgan fingerprint density at radius 2 is 1.66 bits per heavy atom. The highest BCUT2D eigenvalue weighted by atomic mass is 79.9. The zero-order valence-corrected chi connectivity index (χ0v) is 21.5. The SMILES string of the molecule is CCC(C)NC(=O)C(Cc1ccccc1)N(Cc1ccccc1F)C(=O)COc1ccc(Br)cc1. The van der Waals surface area contributed by atoms with Crippen LogP contribution >= 0.6 is 15.9 Å². The molecular formula is C28H30BrFN2O3. The molecule has 2 atom stereocenters. The van der Waals surface area contributed by atoms with E-state index in [0.29, 0.717) is 17.7 Å². The van der Waals surface area contributed by atoms with E-state index < -0.39 is 17.8 Å². The Hall–Kier alpha value is -3.19. The molecule has 2 amide bonds. The zero-order chi connectivity index (χ0) is 25.2. The number of halogens is 2. The summed E-state index contributed by atoms with van der Waals surface area (Å²) in [5.74, 6) is -0.594. The Bertz CT molecular complexity index is 1110. The number of carbonyl (C=O) groups is 2. The molecule has 0 aliphatic carbocycles. The van der Waals surface area contributed by atoms with Gasteiger partial charge in [0.15, 0.2) is 6.61 Å². The van der Waals surface area contributed by atoms with E-state index in [4.69, 9.17) is 4.74 Å². The second-order valence-corrected chi connectivity index (χ2v) is 9.29. The molecular weight excluding hydrogens is 511 g/mol. The summed E-state index contributed by atoms with van der Waals surface area (Å²) in [4.78, 5) is 28.3. The summed E-state index contributed by atoms with van der Waals surface area (Å²) in [6.45, 7) is 3.56. The van der Waals surface area contributed by atoms with E-state index in [1.54, 1.807) is 30.3 Å². The van der Waals surface area contributed by atoms with Gasteiger partial charge < -0.3 is 15.0 Å². The summed E-state index contributed by atoms with van der Waals surface area (Å²) < 4.78 is 21.2. The van der Waals surface area contributed by atoms with Gasteiger partial charge in [-0.1, -0.05) is 71.4 Å². The molecule has 7 heteroatoms. The van der Waals surface area contributed by atoms with E-state index in [1.165, 1.54) is 11.0 Å². The molecule has 1 N–H and O–H groups in total. The van der Waals surface area contributed by atoms with E-state index in [0.717, 1.165) is 16.5 Å². The van der Waals surface area contributed by atoms with Crippen LogP contribution < -0.4 is 10.1 Å². The molecule has 2 unspecified atom stereocenters. The molecule has 0 saturated heterocycles. The summed E-state index contributed by atoms with van der Waals surface area (Å²) >= 11 is 3.37. The number of ether oxygens (including phenoxy) is 1. The third kappa shape index (κ3) is 7.92. The maximum absolute atomic E-state index is 14.6. The average molecular weight is 541 g/mol. The zero-order valence-electron chi connectivity index (χ0n) is 19.9. The first-order valence-electron chi connectivity index (χ1n) is 11.6. The van der Waals surface area contributed by atoms with Gasteiger partial charge in [0.2, 0.25) is 5.91 Å². The van der Waals surface area contributed by atoms with E-state index in [2.05, 4.69) is 21.2 Å². The molecule has 35 heavy (non-hydrogen) atoms. The number of amides is 2. The highest BCUT2D eigenvalue weighted by Gasteiger charge is 2.31. The molecule has 0 spiro atoms. The maximum Gasteiger partial charge on any atom is 0.261 e. The van der Waals surface area contributed by atoms with Crippen molar-refractivity contribution in [2.45, 2.75) is 45.3 Å². The van der Waals surface area contributed by atoms with Crippen molar-refractivity contribution in [3.63, 3.8) is 0 Å². The quantitative estimate of drug-likeness (QED) is 0.348. The fraction of sp³-hybridized carbons (Fsp3) is 0.286.